The molecule has 0 amide bonds. The van der Waals surface area contributed by atoms with E-state index >= 15 is 0 Å². The van der Waals surface area contributed by atoms with Crippen molar-refractivity contribution >= 4 is 5.65 Å². The van der Waals surface area contributed by atoms with Gasteiger partial charge in [0.15, 0.2) is 0 Å². The number of imidazole rings is 1. The molecule has 0 spiro atoms. The van der Waals surface area contributed by atoms with Crippen LogP contribution >= 0.6 is 0 Å². The minimum absolute atomic E-state index is 0.0955. The van der Waals surface area contributed by atoms with E-state index in [9.17, 15) is 4.79 Å². The van der Waals surface area contributed by atoms with E-state index in [1.165, 1.54) is 5.56 Å². The topological polar surface area (TPSA) is 70.0 Å². The first-order valence-electron chi connectivity index (χ1n) is 9.20. The molecule has 2 aliphatic heterocycles. The highest BCUT2D eigenvalue weighted by Gasteiger charge is 2.22. The number of nitrogens with zero attached hydrogens (tertiary/aromatic N) is 6. The van der Waals surface area contributed by atoms with Gasteiger partial charge in [-0.05, 0) is 11.5 Å². The van der Waals surface area contributed by atoms with Gasteiger partial charge in [-0.2, -0.15) is 5.10 Å². The summed E-state index contributed by atoms with van der Waals surface area (Å²) in [6.07, 6.45) is 10.2. The fourth-order valence-corrected chi connectivity index (χ4v) is 3.67. The smallest absolute Gasteiger partial charge is 0.293 e. The highest BCUT2D eigenvalue weighted by atomic mass is 16.1. The van der Waals surface area contributed by atoms with Crippen molar-refractivity contribution in [3.8, 4) is 11.3 Å². The lowest BCUT2D eigenvalue weighted by Crippen LogP contribution is -2.19. The van der Waals surface area contributed by atoms with Crippen molar-refractivity contribution in [2.45, 2.75) is 39.0 Å². The molecule has 4 heterocycles. The van der Waals surface area contributed by atoms with Gasteiger partial charge in [0, 0.05) is 68.7 Å². The summed E-state index contributed by atoms with van der Waals surface area (Å²) in [5.41, 5.74) is 5.70. The summed E-state index contributed by atoms with van der Waals surface area (Å²) in [6.45, 7) is 6.49. The third-order valence-corrected chi connectivity index (χ3v) is 5.17. The maximum Gasteiger partial charge on any atom is 0.293 e. The molecule has 27 heavy (non-hydrogen) atoms. The molecule has 0 aromatic carbocycles. The molecule has 0 N–H and O–H groups in total. The fraction of sp³-hybridized carbons (Fsp3) is 0.400. The molecule has 0 saturated carbocycles. The highest BCUT2D eigenvalue weighted by molar-refractivity contribution is 5.67. The van der Waals surface area contributed by atoms with E-state index in [0.717, 1.165) is 29.1 Å². The van der Waals surface area contributed by atoms with Crippen molar-refractivity contribution < 1.29 is 0 Å². The van der Waals surface area contributed by atoms with Crippen LogP contribution in [0.5, 0.6) is 0 Å². The molecule has 1 atom stereocenters. The zero-order chi connectivity index (χ0) is 19.3. The molecule has 0 fully saturated rings. The van der Waals surface area contributed by atoms with Crippen LogP contribution in [-0.2, 0) is 20.5 Å². The lowest BCUT2D eigenvalue weighted by Gasteiger charge is -2.15. The van der Waals surface area contributed by atoms with Crippen molar-refractivity contribution in [2.24, 2.45) is 14.1 Å². The quantitative estimate of drug-likeness (QED) is 0.558. The lowest BCUT2D eigenvalue weighted by molar-refractivity contribution is 0.650. The zero-order valence-electron chi connectivity index (χ0n) is 16.3. The van der Waals surface area contributed by atoms with Gasteiger partial charge in [0.25, 0.3) is 5.56 Å². The Morgan fingerprint density at radius 1 is 1.07 bits per heavy atom. The predicted octanol–water partition coefficient (Wildman–Crippen LogP) is 2.74. The first-order valence-corrected chi connectivity index (χ1v) is 9.20. The van der Waals surface area contributed by atoms with Gasteiger partial charge in [-0.25, -0.2) is 4.98 Å². The molecule has 1 unspecified atom stereocenters. The van der Waals surface area contributed by atoms with Gasteiger partial charge in [-0.15, -0.1) is 0 Å². The van der Waals surface area contributed by atoms with Gasteiger partial charge in [-0.1, -0.05) is 20.8 Å². The molecule has 2 aromatic rings. The normalized spacial score (nSPS) is 13.1. The summed E-state index contributed by atoms with van der Waals surface area (Å²) in [7, 11) is 3.68. The molecule has 2 aromatic heterocycles. The van der Waals surface area contributed by atoms with E-state index in [-0.39, 0.29) is 11.5 Å². The highest BCUT2D eigenvalue weighted by Crippen LogP contribution is 2.33. The number of hydrogen-bond acceptors (Lipinski definition) is 4. The van der Waals surface area contributed by atoms with Crippen molar-refractivity contribution in [3.63, 3.8) is 0 Å². The summed E-state index contributed by atoms with van der Waals surface area (Å²) >= 11 is 0. The van der Waals surface area contributed by atoms with E-state index in [4.69, 9.17) is 5.10 Å². The first kappa shape index (κ1) is 17.5. The Morgan fingerprint density at radius 3 is 2.59 bits per heavy atom. The summed E-state index contributed by atoms with van der Waals surface area (Å²) in [5, 5.41) is 4.69. The van der Waals surface area contributed by atoms with Crippen molar-refractivity contribution in [3.05, 3.63) is 58.3 Å². The SMILES string of the molecule is CC(C)c1cnc2c(CC(C)c3cnc4c(=O)n(C)ccn34)nn(C)cc1-2. The van der Waals surface area contributed by atoms with E-state index in [0.29, 0.717) is 11.6 Å². The Bertz CT molecular complexity index is 1150. The van der Waals surface area contributed by atoms with Gasteiger partial charge in [0.2, 0.25) is 5.65 Å². The molecular formula is C20H24N6O. The van der Waals surface area contributed by atoms with Crippen molar-refractivity contribution in [2.75, 3.05) is 0 Å². The summed E-state index contributed by atoms with van der Waals surface area (Å²) in [5.74, 6) is 0.557. The lowest BCUT2D eigenvalue weighted by atomic mass is 9.96. The largest absolute Gasteiger partial charge is 0.314 e. The maximum atomic E-state index is 12.3. The Kier molecular flexibility index (Phi) is 4.09. The van der Waals surface area contributed by atoms with Crippen molar-refractivity contribution in [1.29, 1.82) is 0 Å². The van der Waals surface area contributed by atoms with Crippen LogP contribution in [0.2, 0.25) is 0 Å². The van der Waals surface area contributed by atoms with Crippen LogP contribution in [0.15, 0.2) is 35.8 Å². The fourth-order valence-electron chi connectivity index (χ4n) is 3.67. The zero-order valence-corrected chi connectivity index (χ0v) is 16.3. The Balaban J connectivity index is 1.73. The van der Waals surface area contributed by atoms with Crippen LogP contribution in [0.3, 0.4) is 0 Å². The van der Waals surface area contributed by atoms with E-state index in [2.05, 4.69) is 30.7 Å². The molecule has 140 valence electrons. The Morgan fingerprint density at radius 2 is 1.85 bits per heavy atom. The standard InChI is InChI=1S/C20H24N6O/c1-12(2)14-9-21-18-15(14)11-25(5)23-16(18)8-13(3)17-10-22-19-20(27)24(4)6-7-26(17)19/h6-7,9-13H,8H2,1-5H3. The number of fused-ring (bicyclic) bond motifs is 2. The van der Waals surface area contributed by atoms with E-state index < -0.39 is 0 Å². The van der Waals surface area contributed by atoms with Gasteiger partial charge in [0.1, 0.15) is 0 Å². The second-order valence-electron chi connectivity index (χ2n) is 7.58. The van der Waals surface area contributed by atoms with Gasteiger partial charge >= 0.3 is 0 Å². The van der Waals surface area contributed by atoms with Gasteiger partial charge < -0.3 is 4.57 Å². The molecular weight excluding hydrogens is 340 g/mol. The number of rotatable bonds is 4. The molecule has 0 bridgehead atoms. The van der Waals surface area contributed by atoms with Gasteiger partial charge in [0.05, 0.1) is 11.4 Å². The second-order valence-corrected chi connectivity index (χ2v) is 7.58. The minimum atomic E-state index is -0.0955. The summed E-state index contributed by atoms with van der Waals surface area (Å²) in [6, 6.07) is 0. The van der Waals surface area contributed by atoms with Crippen LogP contribution < -0.4 is 5.56 Å². The molecule has 7 heteroatoms. The average molecular weight is 364 g/mol. The average Bonchev–Trinajstić information content (AvgIpc) is 3.22. The maximum absolute atomic E-state index is 12.3. The third kappa shape index (κ3) is 2.83. The Labute approximate surface area is 157 Å². The first-order chi connectivity index (χ1) is 12.9. The Hall–Kier alpha value is -2.96. The molecule has 7 nitrogen and oxygen atoms in total. The number of aryl methyl sites for hydroxylation is 2. The predicted molar refractivity (Wildman–Crippen MR) is 104 cm³/mol. The van der Waals surface area contributed by atoms with Crippen molar-refractivity contribution in [1.82, 2.24) is 28.7 Å². The second kappa shape index (κ2) is 6.33. The van der Waals surface area contributed by atoms with E-state index in [1.807, 2.05) is 34.7 Å². The molecule has 4 rings (SSSR count). The molecule has 2 aliphatic rings. The molecule has 0 radical (unpaired) electrons. The summed E-state index contributed by atoms with van der Waals surface area (Å²) in [4.78, 5) is 21.3. The van der Waals surface area contributed by atoms with Gasteiger partial charge in [-0.3, -0.25) is 18.9 Å². The number of hydrogen-bond donors (Lipinski definition) is 0. The minimum Gasteiger partial charge on any atom is -0.314 e. The van der Waals surface area contributed by atoms with Crippen LogP contribution in [0, 0.1) is 0 Å². The van der Waals surface area contributed by atoms with Crippen LogP contribution in [-0.4, -0.2) is 28.7 Å². The van der Waals surface area contributed by atoms with E-state index in [1.54, 1.807) is 24.0 Å². The molecule has 0 saturated heterocycles. The molecule has 0 aliphatic carbocycles. The third-order valence-electron chi connectivity index (χ3n) is 5.17. The van der Waals surface area contributed by atoms with Crippen LogP contribution in [0.25, 0.3) is 16.9 Å². The monoisotopic (exact) mass is 364 g/mol. The summed E-state index contributed by atoms with van der Waals surface area (Å²) < 4.78 is 5.29. The van der Waals surface area contributed by atoms with Crippen LogP contribution in [0.4, 0.5) is 0 Å². The van der Waals surface area contributed by atoms with Crippen LogP contribution in [0.1, 0.15) is 49.6 Å². The number of aromatic nitrogens is 6.